The Labute approximate surface area is 113 Å². The summed E-state index contributed by atoms with van der Waals surface area (Å²) >= 11 is 0. The number of amides is 1. The molecule has 1 aliphatic rings. The Kier molecular flexibility index (Phi) is 3.60. The van der Waals surface area contributed by atoms with Crippen molar-refractivity contribution in [3.8, 4) is 0 Å². The molecule has 0 spiro atoms. The Bertz CT molecular complexity index is 536. The minimum absolute atomic E-state index is 0.00454. The number of carbonyl (C=O) groups excluding carboxylic acids is 1. The largest absolute Gasteiger partial charge is 0.481 e. The molecular weight excluding hydrogens is 242 g/mol. The highest BCUT2D eigenvalue weighted by molar-refractivity contribution is 5.94. The van der Waals surface area contributed by atoms with Gasteiger partial charge in [-0.3, -0.25) is 9.59 Å². The summed E-state index contributed by atoms with van der Waals surface area (Å²) in [4.78, 5) is 24.4. The lowest BCUT2D eigenvalue weighted by Crippen LogP contribution is -2.40. The maximum Gasteiger partial charge on any atom is 0.303 e. The lowest BCUT2D eigenvalue weighted by molar-refractivity contribution is -0.138. The fourth-order valence-electron chi connectivity index (χ4n) is 2.98. The third-order valence-corrected chi connectivity index (χ3v) is 3.59. The van der Waals surface area contributed by atoms with Gasteiger partial charge in [-0.15, -0.1) is 0 Å². The van der Waals surface area contributed by atoms with Crippen molar-refractivity contribution in [2.24, 2.45) is 5.92 Å². The van der Waals surface area contributed by atoms with Crippen LogP contribution in [0.1, 0.15) is 30.0 Å². The zero-order valence-corrected chi connectivity index (χ0v) is 11.6. The summed E-state index contributed by atoms with van der Waals surface area (Å²) in [6.45, 7) is 6.05. The quantitative estimate of drug-likeness (QED) is 0.888. The minimum atomic E-state index is -0.804. The molecule has 1 aromatic carbocycles. The van der Waals surface area contributed by atoms with E-state index in [4.69, 9.17) is 5.11 Å². The highest BCUT2D eigenvalue weighted by Gasteiger charge is 2.29. The van der Waals surface area contributed by atoms with Crippen molar-refractivity contribution in [3.63, 3.8) is 0 Å². The van der Waals surface area contributed by atoms with Crippen LogP contribution in [0.2, 0.25) is 0 Å². The van der Waals surface area contributed by atoms with Gasteiger partial charge in [0.05, 0.1) is 6.42 Å². The summed E-state index contributed by atoms with van der Waals surface area (Å²) in [6.07, 6.45) is 0.837. The highest BCUT2D eigenvalue weighted by Crippen LogP contribution is 2.34. The van der Waals surface area contributed by atoms with Gasteiger partial charge < -0.3 is 10.0 Å². The van der Waals surface area contributed by atoms with E-state index in [1.165, 1.54) is 6.92 Å². The number of hydrogen-bond acceptors (Lipinski definition) is 2. The Morgan fingerprint density at radius 2 is 2.05 bits per heavy atom. The van der Waals surface area contributed by atoms with Crippen LogP contribution in [0.5, 0.6) is 0 Å². The average molecular weight is 261 g/mol. The second-order valence-electron chi connectivity index (χ2n) is 5.39. The highest BCUT2D eigenvalue weighted by atomic mass is 16.4. The van der Waals surface area contributed by atoms with Gasteiger partial charge >= 0.3 is 5.97 Å². The fraction of sp³-hybridized carbons (Fsp3) is 0.467. The molecule has 2 rings (SSSR count). The van der Waals surface area contributed by atoms with Crippen molar-refractivity contribution >= 4 is 17.6 Å². The molecule has 0 saturated heterocycles. The van der Waals surface area contributed by atoms with Crippen molar-refractivity contribution in [3.05, 3.63) is 28.8 Å². The van der Waals surface area contributed by atoms with E-state index in [0.717, 1.165) is 28.8 Å². The lowest BCUT2D eigenvalue weighted by atomic mass is 9.87. The van der Waals surface area contributed by atoms with E-state index in [0.29, 0.717) is 6.54 Å². The molecular formula is C15H19NO3. The van der Waals surface area contributed by atoms with E-state index in [1.807, 2.05) is 13.8 Å². The number of benzene rings is 1. The Balaban J connectivity index is 2.43. The minimum Gasteiger partial charge on any atom is -0.481 e. The van der Waals surface area contributed by atoms with Crippen LogP contribution in [0.4, 0.5) is 5.69 Å². The van der Waals surface area contributed by atoms with Crippen LogP contribution in [-0.4, -0.2) is 23.5 Å². The van der Waals surface area contributed by atoms with Crippen LogP contribution >= 0.6 is 0 Å². The Morgan fingerprint density at radius 3 is 2.63 bits per heavy atom. The summed E-state index contributed by atoms with van der Waals surface area (Å²) in [6, 6.07) is 4.12. The van der Waals surface area contributed by atoms with Crippen LogP contribution in [-0.2, 0) is 16.0 Å². The number of anilines is 1. The van der Waals surface area contributed by atoms with Crippen LogP contribution < -0.4 is 4.90 Å². The first kappa shape index (κ1) is 13.6. The van der Waals surface area contributed by atoms with Gasteiger partial charge in [-0.05, 0) is 37.3 Å². The molecule has 0 saturated carbocycles. The van der Waals surface area contributed by atoms with Gasteiger partial charge in [0.25, 0.3) is 0 Å². The zero-order chi connectivity index (χ0) is 14.2. The number of carboxylic acid groups (broad SMARTS) is 1. The lowest BCUT2D eigenvalue weighted by Gasteiger charge is -2.35. The molecule has 0 aliphatic carbocycles. The van der Waals surface area contributed by atoms with Gasteiger partial charge in [0.2, 0.25) is 5.91 Å². The number of aliphatic carboxylic acids is 1. The molecule has 0 radical (unpaired) electrons. The maximum absolute atomic E-state index is 11.8. The van der Waals surface area contributed by atoms with Gasteiger partial charge in [-0.25, -0.2) is 0 Å². The second-order valence-corrected chi connectivity index (χ2v) is 5.39. The Morgan fingerprint density at radius 1 is 1.37 bits per heavy atom. The molecule has 19 heavy (non-hydrogen) atoms. The standard InChI is InChI=1S/C15H19NO3/c1-9-4-10(2)15-13(5-9)6-12(7-14(18)19)8-16(15)11(3)17/h4-5,12H,6-8H2,1-3H3,(H,18,19). The Hall–Kier alpha value is -1.84. The molecule has 1 unspecified atom stereocenters. The van der Waals surface area contributed by atoms with Crippen molar-refractivity contribution in [1.82, 2.24) is 0 Å². The molecule has 1 heterocycles. The number of carbonyl (C=O) groups is 2. The molecule has 102 valence electrons. The summed E-state index contributed by atoms with van der Waals surface area (Å²) in [5, 5.41) is 8.94. The smallest absolute Gasteiger partial charge is 0.303 e. The number of fused-ring (bicyclic) bond motifs is 1. The van der Waals surface area contributed by atoms with Crippen molar-refractivity contribution in [2.75, 3.05) is 11.4 Å². The molecule has 0 bridgehead atoms. The topological polar surface area (TPSA) is 57.6 Å². The number of nitrogens with zero attached hydrogens (tertiary/aromatic N) is 1. The van der Waals surface area contributed by atoms with E-state index >= 15 is 0 Å². The first-order valence-corrected chi connectivity index (χ1v) is 6.48. The molecule has 0 fully saturated rings. The molecule has 0 aromatic heterocycles. The predicted octanol–water partition coefficient (Wildman–Crippen LogP) is 2.30. The van der Waals surface area contributed by atoms with Gasteiger partial charge in [0.15, 0.2) is 0 Å². The van der Waals surface area contributed by atoms with E-state index < -0.39 is 5.97 Å². The summed E-state index contributed by atoms with van der Waals surface area (Å²) in [7, 11) is 0. The van der Waals surface area contributed by atoms with Crippen LogP contribution in [0.25, 0.3) is 0 Å². The summed E-state index contributed by atoms with van der Waals surface area (Å²) in [5.41, 5.74) is 4.29. The van der Waals surface area contributed by atoms with Gasteiger partial charge in [0, 0.05) is 19.2 Å². The predicted molar refractivity (Wildman–Crippen MR) is 73.4 cm³/mol. The molecule has 1 N–H and O–H groups in total. The van der Waals surface area contributed by atoms with Gasteiger partial charge in [-0.2, -0.15) is 0 Å². The second kappa shape index (κ2) is 5.03. The molecule has 1 atom stereocenters. The SMILES string of the molecule is CC(=O)N1CC(CC(=O)O)Cc2cc(C)cc(C)c21. The monoisotopic (exact) mass is 261 g/mol. The van der Waals surface area contributed by atoms with Crippen molar-refractivity contribution < 1.29 is 14.7 Å². The molecule has 1 amide bonds. The van der Waals surface area contributed by atoms with E-state index in [2.05, 4.69) is 12.1 Å². The number of hydrogen-bond donors (Lipinski definition) is 1. The number of carboxylic acids is 1. The molecule has 4 nitrogen and oxygen atoms in total. The maximum atomic E-state index is 11.8. The molecule has 4 heteroatoms. The van der Waals surface area contributed by atoms with Crippen LogP contribution in [0, 0.1) is 19.8 Å². The van der Waals surface area contributed by atoms with E-state index in [1.54, 1.807) is 4.90 Å². The number of aryl methyl sites for hydroxylation is 2. The summed E-state index contributed by atoms with van der Waals surface area (Å²) < 4.78 is 0. The van der Waals surface area contributed by atoms with E-state index in [-0.39, 0.29) is 18.2 Å². The summed E-state index contributed by atoms with van der Waals surface area (Å²) in [5.74, 6) is -0.834. The first-order chi connectivity index (χ1) is 8.88. The van der Waals surface area contributed by atoms with Crippen molar-refractivity contribution in [1.29, 1.82) is 0 Å². The molecule has 1 aliphatic heterocycles. The van der Waals surface area contributed by atoms with Crippen LogP contribution in [0.3, 0.4) is 0 Å². The fourth-order valence-corrected chi connectivity index (χ4v) is 2.98. The van der Waals surface area contributed by atoms with Gasteiger partial charge in [-0.1, -0.05) is 17.7 Å². The third kappa shape index (κ3) is 2.78. The molecule has 1 aromatic rings. The van der Waals surface area contributed by atoms with E-state index in [9.17, 15) is 9.59 Å². The average Bonchev–Trinajstić information content (AvgIpc) is 2.25. The van der Waals surface area contributed by atoms with Crippen molar-refractivity contribution in [2.45, 2.75) is 33.6 Å². The van der Waals surface area contributed by atoms with Crippen LogP contribution in [0.15, 0.2) is 12.1 Å². The third-order valence-electron chi connectivity index (χ3n) is 3.59. The van der Waals surface area contributed by atoms with Gasteiger partial charge in [0.1, 0.15) is 0 Å². The normalized spacial score (nSPS) is 18.1. The zero-order valence-electron chi connectivity index (χ0n) is 11.6. The number of rotatable bonds is 2. The first-order valence-electron chi connectivity index (χ1n) is 6.48.